The maximum absolute atomic E-state index is 13.5. The van der Waals surface area contributed by atoms with Crippen LogP contribution in [0, 0.1) is 17.5 Å². The molecule has 0 aromatic heterocycles. The molecular weight excluding hydrogens is 321 g/mol. The van der Waals surface area contributed by atoms with Crippen LogP contribution >= 0.6 is 15.9 Å². The van der Waals surface area contributed by atoms with Gasteiger partial charge >= 0.3 is 0 Å². The minimum Gasteiger partial charge on any atom is -0.388 e. The molecule has 0 radical (unpaired) electrons. The molecule has 0 aliphatic carbocycles. The number of aliphatic hydroxyl groups excluding tert-OH is 1. The second kappa shape index (κ2) is 5.75. The molecule has 0 heterocycles. The van der Waals surface area contributed by atoms with Crippen molar-refractivity contribution in [1.82, 2.24) is 0 Å². The van der Waals surface area contributed by atoms with Gasteiger partial charge in [-0.05, 0) is 11.6 Å². The van der Waals surface area contributed by atoms with Crippen molar-refractivity contribution in [1.29, 1.82) is 0 Å². The van der Waals surface area contributed by atoms with Gasteiger partial charge in [0.15, 0.2) is 0 Å². The molecular formula is C14H10BrF3O. The summed E-state index contributed by atoms with van der Waals surface area (Å²) in [4.78, 5) is 0. The van der Waals surface area contributed by atoms with Crippen LogP contribution in [0.15, 0.2) is 40.9 Å². The summed E-state index contributed by atoms with van der Waals surface area (Å²) in [5, 5.41) is 9.93. The van der Waals surface area contributed by atoms with Crippen LogP contribution in [0.1, 0.15) is 17.2 Å². The van der Waals surface area contributed by atoms with Crippen molar-refractivity contribution < 1.29 is 18.3 Å². The monoisotopic (exact) mass is 330 g/mol. The first-order valence-electron chi connectivity index (χ1n) is 5.55. The molecule has 1 N–H and O–H groups in total. The third-order valence-electron chi connectivity index (χ3n) is 2.75. The lowest BCUT2D eigenvalue weighted by atomic mass is 10.0. The molecule has 2 aromatic rings. The molecule has 0 bridgehead atoms. The van der Waals surface area contributed by atoms with E-state index >= 15 is 0 Å². The molecule has 2 aromatic carbocycles. The van der Waals surface area contributed by atoms with Gasteiger partial charge in [0.25, 0.3) is 0 Å². The van der Waals surface area contributed by atoms with Gasteiger partial charge in [-0.1, -0.05) is 34.1 Å². The summed E-state index contributed by atoms with van der Waals surface area (Å²) in [6, 6.07) is 8.15. The van der Waals surface area contributed by atoms with Crippen LogP contribution in [0.5, 0.6) is 0 Å². The zero-order valence-corrected chi connectivity index (χ0v) is 11.3. The summed E-state index contributed by atoms with van der Waals surface area (Å²) in [5.74, 6) is -3.18. The van der Waals surface area contributed by atoms with E-state index in [-0.39, 0.29) is 6.42 Å². The Kier molecular flexibility index (Phi) is 4.27. The molecule has 5 heteroatoms. The fourth-order valence-electron chi connectivity index (χ4n) is 1.85. The first-order chi connectivity index (χ1) is 8.99. The Labute approximate surface area is 116 Å². The van der Waals surface area contributed by atoms with Gasteiger partial charge in [0.1, 0.15) is 17.5 Å². The number of aliphatic hydroxyl groups is 1. The third kappa shape index (κ3) is 3.16. The molecule has 100 valence electrons. The molecule has 1 atom stereocenters. The number of benzene rings is 2. The van der Waals surface area contributed by atoms with Crippen LogP contribution in [0.2, 0.25) is 0 Å². The van der Waals surface area contributed by atoms with Crippen molar-refractivity contribution in [3.05, 3.63) is 69.4 Å². The van der Waals surface area contributed by atoms with Crippen LogP contribution in [0.4, 0.5) is 13.2 Å². The van der Waals surface area contributed by atoms with E-state index in [0.29, 0.717) is 17.7 Å². The van der Waals surface area contributed by atoms with Crippen LogP contribution in [0.3, 0.4) is 0 Å². The first kappa shape index (κ1) is 14.1. The average molecular weight is 331 g/mol. The molecule has 0 amide bonds. The summed E-state index contributed by atoms with van der Waals surface area (Å²) < 4.78 is 40.6. The Morgan fingerprint density at radius 1 is 1.05 bits per heavy atom. The Hall–Kier alpha value is -1.33. The van der Waals surface area contributed by atoms with E-state index in [9.17, 15) is 18.3 Å². The number of rotatable bonds is 3. The molecule has 0 fully saturated rings. The predicted octanol–water partition coefficient (Wildman–Crippen LogP) is 4.14. The minimum absolute atomic E-state index is 0.0287. The van der Waals surface area contributed by atoms with Crippen LogP contribution in [-0.4, -0.2) is 5.11 Å². The van der Waals surface area contributed by atoms with E-state index in [1.165, 1.54) is 0 Å². The van der Waals surface area contributed by atoms with Gasteiger partial charge < -0.3 is 5.11 Å². The summed E-state index contributed by atoms with van der Waals surface area (Å²) in [5.41, 5.74) is 0.190. The molecule has 0 saturated carbocycles. The molecule has 0 aliphatic rings. The Morgan fingerprint density at radius 3 is 2.21 bits per heavy atom. The maximum Gasteiger partial charge on any atom is 0.134 e. The Morgan fingerprint density at radius 2 is 1.63 bits per heavy atom. The molecule has 0 spiro atoms. The van der Waals surface area contributed by atoms with E-state index in [0.717, 1.165) is 4.47 Å². The van der Waals surface area contributed by atoms with Gasteiger partial charge in [0, 0.05) is 23.0 Å². The van der Waals surface area contributed by atoms with E-state index < -0.39 is 29.1 Å². The van der Waals surface area contributed by atoms with Crippen molar-refractivity contribution in [3.63, 3.8) is 0 Å². The fraction of sp³-hybridized carbons (Fsp3) is 0.143. The highest BCUT2D eigenvalue weighted by Crippen LogP contribution is 2.27. The van der Waals surface area contributed by atoms with Crippen molar-refractivity contribution in [3.8, 4) is 0 Å². The van der Waals surface area contributed by atoms with Crippen molar-refractivity contribution in [2.45, 2.75) is 12.5 Å². The van der Waals surface area contributed by atoms with E-state index in [2.05, 4.69) is 15.9 Å². The van der Waals surface area contributed by atoms with E-state index in [1.54, 1.807) is 24.3 Å². The van der Waals surface area contributed by atoms with Crippen LogP contribution < -0.4 is 0 Å². The molecule has 2 rings (SSSR count). The van der Waals surface area contributed by atoms with Crippen LogP contribution in [0.25, 0.3) is 0 Å². The second-order valence-electron chi connectivity index (χ2n) is 4.09. The topological polar surface area (TPSA) is 20.2 Å². The van der Waals surface area contributed by atoms with Gasteiger partial charge in [0.2, 0.25) is 0 Å². The molecule has 1 nitrogen and oxygen atoms in total. The third-order valence-corrected chi connectivity index (χ3v) is 3.52. The van der Waals surface area contributed by atoms with Gasteiger partial charge in [-0.25, -0.2) is 13.2 Å². The van der Waals surface area contributed by atoms with E-state index in [4.69, 9.17) is 0 Å². The summed E-state index contributed by atoms with van der Waals surface area (Å²) in [6.45, 7) is 0. The summed E-state index contributed by atoms with van der Waals surface area (Å²) in [7, 11) is 0. The lowest BCUT2D eigenvalue weighted by Gasteiger charge is -2.14. The van der Waals surface area contributed by atoms with Gasteiger partial charge in [-0.3, -0.25) is 0 Å². The summed E-state index contributed by atoms with van der Waals surface area (Å²) in [6.07, 6.45) is -1.35. The predicted molar refractivity (Wildman–Crippen MR) is 69.1 cm³/mol. The smallest absolute Gasteiger partial charge is 0.134 e. The fourth-order valence-corrected chi connectivity index (χ4v) is 2.29. The normalized spacial score (nSPS) is 12.5. The van der Waals surface area contributed by atoms with Gasteiger partial charge in [0.05, 0.1) is 11.7 Å². The SMILES string of the molecule is OC(Cc1ccccc1Br)c1c(F)cc(F)cc1F. The highest BCUT2D eigenvalue weighted by Gasteiger charge is 2.20. The lowest BCUT2D eigenvalue weighted by Crippen LogP contribution is -2.08. The lowest BCUT2D eigenvalue weighted by molar-refractivity contribution is 0.168. The Bertz CT molecular complexity index is 578. The first-order valence-corrected chi connectivity index (χ1v) is 6.34. The quantitative estimate of drug-likeness (QED) is 0.896. The highest BCUT2D eigenvalue weighted by molar-refractivity contribution is 9.10. The number of hydrogen-bond donors (Lipinski definition) is 1. The minimum atomic E-state index is -1.38. The van der Waals surface area contributed by atoms with Crippen molar-refractivity contribution in [2.75, 3.05) is 0 Å². The second-order valence-corrected chi connectivity index (χ2v) is 4.95. The van der Waals surface area contributed by atoms with Gasteiger partial charge in [-0.15, -0.1) is 0 Å². The zero-order valence-electron chi connectivity index (χ0n) is 9.71. The average Bonchev–Trinajstić information content (AvgIpc) is 2.30. The number of hydrogen-bond acceptors (Lipinski definition) is 1. The van der Waals surface area contributed by atoms with Crippen LogP contribution in [-0.2, 0) is 6.42 Å². The van der Waals surface area contributed by atoms with Gasteiger partial charge in [-0.2, -0.15) is 0 Å². The van der Waals surface area contributed by atoms with E-state index in [1.807, 2.05) is 0 Å². The van der Waals surface area contributed by atoms with Crippen molar-refractivity contribution in [2.24, 2.45) is 0 Å². The zero-order chi connectivity index (χ0) is 14.0. The Balaban J connectivity index is 2.31. The van der Waals surface area contributed by atoms with Crippen molar-refractivity contribution >= 4 is 15.9 Å². The largest absolute Gasteiger partial charge is 0.388 e. The maximum atomic E-state index is 13.5. The molecule has 0 saturated heterocycles. The molecule has 1 unspecified atom stereocenters. The standard InChI is InChI=1S/C14H10BrF3O/c15-10-4-2-1-3-8(10)5-13(19)14-11(17)6-9(16)7-12(14)18/h1-4,6-7,13,19H,5H2. The molecule has 0 aliphatic heterocycles. The molecule has 19 heavy (non-hydrogen) atoms. The summed E-state index contributed by atoms with van der Waals surface area (Å²) >= 11 is 3.29. The highest BCUT2D eigenvalue weighted by atomic mass is 79.9. The number of halogens is 4.